The maximum atomic E-state index is 13.2. The summed E-state index contributed by atoms with van der Waals surface area (Å²) in [5.41, 5.74) is 5.55. The highest BCUT2D eigenvalue weighted by molar-refractivity contribution is 6.07. The Bertz CT molecular complexity index is 1100. The zero-order valence-electron chi connectivity index (χ0n) is 18.1. The number of aromatic nitrogens is 2. The highest BCUT2D eigenvalue weighted by Gasteiger charge is 2.35. The summed E-state index contributed by atoms with van der Waals surface area (Å²) in [4.78, 5) is 23.6. The van der Waals surface area contributed by atoms with Gasteiger partial charge in [-0.2, -0.15) is 0 Å². The van der Waals surface area contributed by atoms with Gasteiger partial charge in [-0.1, -0.05) is 32.0 Å². The molecule has 0 amide bonds. The fourth-order valence-electron chi connectivity index (χ4n) is 4.60. The number of Topliss-reactive ketones (excluding diaryl/α,β-unsaturated/α-hetero) is 1. The minimum Gasteiger partial charge on any atom is -0.378 e. The number of carbonyl (C=O) groups is 1. The van der Waals surface area contributed by atoms with Crippen molar-refractivity contribution in [3.05, 3.63) is 59.9 Å². The van der Waals surface area contributed by atoms with Crippen LogP contribution >= 0.6 is 0 Å². The SMILES string of the molecule is CC1(C)CC(=O)c2c([nH]c(-c3ccnc(N4CCOCC4)c3)c2Nc2ccccc2)C1. The highest BCUT2D eigenvalue weighted by atomic mass is 16.5. The molecule has 0 spiro atoms. The molecule has 0 atom stereocenters. The third-order valence-electron chi connectivity index (χ3n) is 6.06. The second-order valence-corrected chi connectivity index (χ2v) is 9.16. The third kappa shape index (κ3) is 3.95. The average molecular weight is 417 g/mol. The normalized spacial score (nSPS) is 18.0. The number of nitrogens with zero attached hydrogens (tertiary/aromatic N) is 2. The lowest BCUT2D eigenvalue weighted by Crippen LogP contribution is -2.36. The first-order chi connectivity index (χ1) is 15.0. The standard InChI is InChI=1S/C25H28N4O2/c1-25(2)15-19-22(20(30)16-25)24(27-18-6-4-3-5-7-18)23(28-19)17-8-9-26-21(14-17)29-10-12-31-13-11-29/h3-9,14,27-28H,10-13,15-16H2,1-2H3. The topological polar surface area (TPSA) is 70.2 Å². The van der Waals surface area contributed by atoms with Crippen LogP contribution in [0.25, 0.3) is 11.3 Å². The molecule has 0 saturated carbocycles. The zero-order valence-corrected chi connectivity index (χ0v) is 18.1. The fraction of sp³-hybridized carbons (Fsp3) is 0.360. The van der Waals surface area contributed by atoms with Crippen LogP contribution in [0.5, 0.6) is 0 Å². The van der Waals surface area contributed by atoms with Gasteiger partial charge in [-0.15, -0.1) is 0 Å². The first-order valence-corrected chi connectivity index (χ1v) is 10.9. The van der Waals surface area contributed by atoms with E-state index in [1.807, 2.05) is 42.6 Å². The summed E-state index contributed by atoms with van der Waals surface area (Å²) in [7, 11) is 0. The van der Waals surface area contributed by atoms with Crippen molar-refractivity contribution in [2.75, 3.05) is 36.5 Å². The maximum Gasteiger partial charge on any atom is 0.167 e. The van der Waals surface area contributed by atoms with Gasteiger partial charge in [0.2, 0.25) is 0 Å². The molecular formula is C25H28N4O2. The number of anilines is 3. The molecule has 1 aromatic carbocycles. The molecule has 3 aromatic rings. The van der Waals surface area contributed by atoms with E-state index in [-0.39, 0.29) is 11.2 Å². The number of H-pyrrole nitrogens is 1. The minimum absolute atomic E-state index is 0.0482. The van der Waals surface area contributed by atoms with Gasteiger partial charge in [-0.25, -0.2) is 4.98 Å². The predicted molar refractivity (Wildman–Crippen MR) is 123 cm³/mol. The Labute approximate surface area is 182 Å². The fourth-order valence-corrected chi connectivity index (χ4v) is 4.60. The molecule has 1 saturated heterocycles. The average Bonchev–Trinajstić information content (AvgIpc) is 3.12. The van der Waals surface area contributed by atoms with Crippen molar-refractivity contribution in [3.8, 4) is 11.3 Å². The number of carbonyl (C=O) groups excluding carboxylic acids is 1. The van der Waals surface area contributed by atoms with Crippen molar-refractivity contribution >= 4 is 23.0 Å². The highest BCUT2D eigenvalue weighted by Crippen LogP contribution is 2.43. The summed E-state index contributed by atoms with van der Waals surface area (Å²) in [6, 6.07) is 14.1. The molecule has 6 nitrogen and oxygen atoms in total. The number of hydrogen-bond acceptors (Lipinski definition) is 5. The second-order valence-electron chi connectivity index (χ2n) is 9.16. The van der Waals surface area contributed by atoms with Crippen LogP contribution in [-0.4, -0.2) is 42.1 Å². The number of benzene rings is 1. The Morgan fingerprint density at radius 2 is 1.87 bits per heavy atom. The van der Waals surface area contributed by atoms with Gasteiger partial charge < -0.3 is 19.9 Å². The molecule has 0 radical (unpaired) electrons. The predicted octanol–water partition coefficient (Wildman–Crippen LogP) is 4.81. The van der Waals surface area contributed by atoms with Crippen molar-refractivity contribution in [3.63, 3.8) is 0 Å². The van der Waals surface area contributed by atoms with Gasteiger partial charge in [0.15, 0.2) is 5.78 Å². The van der Waals surface area contributed by atoms with Crippen LogP contribution in [0.4, 0.5) is 17.2 Å². The van der Waals surface area contributed by atoms with Crippen molar-refractivity contribution in [2.45, 2.75) is 26.7 Å². The van der Waals surface area contributed by atoms with E-state index in [9.17, 15) is 4.79 Å². The van der Waals surface area contributed by atoms with Crippen molar-refractivity contribution in [1.29, 1.82) is 0 Å². The number of hydrogen-bond donors (Lipinski definition) is 2. The summed E-state index contributed by atoms with van der Waals surface area (Å²) in [6.07, 6.45) is 3.24. The zero-order chi connectivity index (χ0) is 21.4. The van der Waals surface area contributed by atoms with E-state index < -0.39 is 0 Å². The lowest BCUT2D eigenvalue weighted by atomic mass is 9.76. The van der Waals surface area contributed by atoms with Gasteiger partial charge in [0, 0.05) is 42.7 Å². The number of nitrogens with one attached hydrogen (secondary N) is 2. The Morgan fingerprint density at radius 1 is 1.10 bits per heavy atom. The first kappa shape index (κ1) is 19.8. The van der Waals surface area contributed by atoms with Gasteiger partial charge in [0.25, 0.3) is 0 Å². The lowest BCUT2D eigenvalue weighted by molar-refractivity contribution is 0.0912. The van der Waals surface area contributed by atoms with E-state index in [0.29, 0.717) is 19.6 Å². The molecule has 1 fully saturated rings. The van der Waals surface area contributed by atoms with E-state index in [1.54, 1.807) is 0 Å². The summed E-state index contributed by atoms with van der Waals surface area (Å²) >= 11 is 0. The molecule has 160 valence electrons. The molecule has 0 unspecified atom stereocenters. The molecule has 2 aromatic heterocycles. The number of morpholine rings is 1. The van der Waals surface area contributed by atoms with Crippen molar-refractivity contribution < 1.29 is 9.53 Å². The summed E-state index contributed by atoms with van der Waals surface area (Å²) in [5, 5.41) is 3.53. The molecule has 0 bridgehead atoms. The molecule has 1 aliphatic carbocycles. The van der Waals surface area contributed by atoms with Crippen LogP contribution in [0.1, 0.15) is 36.3 Å². The Hall–Kier alpha value is -3.12. The van der Waals surface area contributed by atoms with Crippen LogP contribution in [0.2, 0.25) is 0 Å². The third-order valence-corrected chi connectivity index (χ3v) is 6.06. The minimum atomic E-state index is -0.0482. The molecule has 2 N–H and O–H groups in total. The van der Waals surface area contributed by atoms with Crippen LogP contribution in [0, 0.1) is 5.41 Å². The number of aromatic amines is 1. The van der Waals surface area contributed by atoms with E-state index in [1.165, 1.54) is 0 Å². The second kappa shape index (κ2) is 7.85. The molecule has 1 aliphatic heterocycles. The monoisotopic (exact) mass is 416 g/mol. The van der Waals surface area contributed by atoms with Crippen LogP contribution in [0.15, 0.2) is 48.7 Å². The smallest absolute Gasteiger partial charge is 0.167 e. The van der Waals surface area contributed by atoms with Gasteiger partial charge >= 0.3 is 0 Å². The molecular weight excluding hydrogens is 388 g/mol. The van der Waals surface area contributed by atoms with Crippen LogP contribution < -0.4 is 10.2 Å². The molecule has 2 aliphatic rings. The van der Waals surface area contributed by atoms with Gasteiger partial charge in [0.05, 0.1) is 30.2 Å². The molecule has 5 rings (SSSR count). The van der Waals surface area contributed by atoms with Gasteiger partial charge in [-0.05, 0) is 36.1 Å². The quantitative estimate of drug-likeness (QED) is 0.639. The number of ketones is 1. The lowest BCUT2D eigenvalue weighted by Gasteiger charge is -2.28. The summed E-state index contributed by atoms with van der Waals surface area (Å²) in [6.45, 7) is 7.41. The number of rotatable bonds is 4. The molecule has 3 heterocycles. The van der Waals surface area contributed by atoms with Crippen molar-refractivity contribution in [1.82, 2.24) is 9.97 Å². The van der Waals surface area contributed by atoms with E-state index in [2.05, 4.69) is 40.1 Å². The number of pyridine rings is 1. The Kier molecular flexibility index (Phi) is 5.02. The maximum absolute atomic E-state index is 13.2. The van der Waals surface area contributed by atoms with Gasteiger partial charge in [0.1, 0.15) is 5.82 Å². The summed E-state index contributed by atoms with van der Waals surface area (Å²) in [5.74, 6) is 1.13. The summed E-state index contributed by atoms with van der Waals surface area (Å²) < 4.78 is 5.48. The van der Waals surface area contributed by atoms with Gasteiger partial charge in [-0.3, -0.25) is 4.79 Å². The van der Waals surface area contributed by atoms with E-state index in [0.717, 1.165) is 59.2 Å². The van der Waals surface area contributed by atoms with Crippen LogP contribution in [-0.2, 0) is 11.2 Å². The Morgan fingerprint density at radius 3 is 2.65 bits per heavy atom. The van der Waals surface area contributed by atoms with Crippen LogP contribution in [0.3, 0.4) is 0 Å². The Balaban J connectivity index is 1.60. The molecule has 31 heavy (non-hydrogen) atoms. The van der Waals surface area contributed by atoms with E-state index >= 15 is 0 Å². The first-order valence-electron chi connectivity index (χ1n) is 10.9. The molecule has 6 heteroatoms. The van der Waals surface area contributed by atoms with Crippen molar-refractivity contribution in [2.24, 2.45) is 5.41 Å². The number of ether oxygens (including phenoxy) is 1. The van der Waals surface area contributed by atoms with E-state index in [4.69, 9.17) is 4.74 Å². The number of fused-ring (bicyclic) bond motifs is 1. The number of para-hydroxylation sites is 1. The largest absolute Gasteiger partial charge is 0.378 e.